The molecule has 2 aromatic rings. The first-order chi connectivity index (χ1) is 17.0. The Hall–Kier alpha value is -1.94. The largest absolute Gasteiger partial charge is 0.456 e. The average Bonchev–Trinajstić information content (AvgIpc) is 3.38. The number of piperidine rings is 3. The summed E-state index contributed by atoms with van der Waals surface area (Å²) >= 11 is 3.80. The van der Waals surface area contributed by atoms with Crippen LogP contribution in [0, 0.1) is 11.7 Å². The van der Waals surface area contributed by atoms with Crippen LogP contribution in [0.5, 0.6) is 0 Å². The van der Waals surface area contributed by atoms with E-state index in [2.05, 4.69) is 27.7 Å². The van der Waals surface area contributed by atoms with E-state index < -0.39 is 0 Å². The number of halogens is 1. The highest BCUT2D eigenvalue weighted by atomic mass is 32.2. The second-order valence-electron chi connectivity index (χ2n) is 9.98. The number of carbonyl (C=O) groups is 2. The van der Waals surface area contributed by atoms with Crippen LogP contribution >= 0.6 is 23.1 Å². The standard InChI is InChI=1S/C26H32FN3O3S2/c27-20-3-1-4-21(15-20)28-25(31)18-30-11-7-19(8-12-30)22(17-30)33-26(32)6-9-29-10-14-35-24(16-29)23-5-2-13-34-23/h1-5,13,15,19,22,24H,6-12,14,16-18H2/p+1/t19?,22-,24?,30?/m1/s1. The molecule has 1 aromatic carbocycles. The van der Waals surface area contributed by atoms with Crippen molar-refractivity contribution in [2.45, 2.75) is 30.6 Å². The van der Waals surface area contributed by atoms with E-state index >= 15 is 0 Å². The Kier molecular flexibility index (Phi) is 7.77. The maximum Gasteiger partial charge on any atom is 0.307 e. The summed E-state index contributed by atoms with van der Waals surface area (Å²) in [6.45, 7) is 5.57. The number of amides is 1. The first-order valence-electron chi connectivity index (χ1n) is 12.5. The summed E-state index contributed by atoms with van der Waals surface area (Å²) in [5, 5.41) is 5.44. The number of esters is 1. The zero-order chi connectivity index (χ0) is 24.3. The van der Waals surface area contributed by atoms with Crippen molar-refractivity contribution in [2.75, 3.05) is 56.9 Å². The van der Waals surface area contributed by atoms with Gasteiger partial charge in [-0.15, -0.1) is 11.3 Å². The molecule has 6 rings (SSSR count). The highest BCUT2D eigenvalue weighted by molar-refractivity contribution is 7.99. The predicted octanol–water partition coefficient (Wildman–Crippen LogP) is 4.16. The number of fused-ring (bicyclic) bond motifs is 3. The van der Waals surface area contributed by atoms with Crippen LogP contribution in [-0.4, -0.2) is 78.9 Å². The molecule has 4 aliphatic heterocycles. The van der Waals surface area contributed by atoms with Gasteiger partial charge < -0.3 is 19.4 Å². The number of nitrogens with zero attached hydrogens (tertiary/aromatic N) is 2. The first-order valence-corrected chi connectivity index (χ1v) is 14.4. The summed E-state index contributed by atoms with van der Waals surface area (Å²) in [5.41, 5.74) is 0.473. The third-order valence-corrected chi connectivity index (χ3v) is 9.91. The lowest BCUT2D eigenvalue weighted by Crippen LogP contribution is -2.66. The molecule has 5 heterocycles. The molecular weight excluding hydrogens is 485 g/mol. The van der Waals surface area contributed by atoms with Gasteiger partial charge in [0.15, 0.2) is 12.6 Å². The molecule has 1 aromatic heterocycles. The third-order valence-electron chi connectivity index (χ3n) is 7.55. The minimum Gasteiger partial charge on any atom is -0.456 e. The fourth-order valence-corrected chi connectivity index (χ4v) is 7.95. The van der Waals surface area contributed by atoms with Gasteiger partial charge >= 0.3 is 5.97 Å². The molecular formula is C26H33FN3O3S2+. The number of rotatable bonds is 8. The van der Waals surface area contributed by atoms with Gasteiger partial charge in [0, 0.05) is 54.7 Å². The molecule has 188 valence electrons. The molecule has 35 heavy (non-hydrogen) atoms. The molecule has 6 nitrogen and oxygen atoms in total. The van der Waals surface area contributed by atoms with Gasteiger partial charge in [-0.05, 0) is 29.6 Å². The number of nitrogens with one attached hydrogen (secondary N) is 1. The number of anilines is 1. The van der Waals surface area contributed by atoms with Crippen LogP contribution < -0.4 is 5.32 Å². The number of carbonyl (C=O) groups excluding carboxylic acids is 2. The Morgan fingerprint density at radius 2 is 2.06 bits per heavy atom. The van der Waals surface area contributed by atoms with Gasteiger partial charge in [0.2, 0.25) is 0 Å². The van der Waals surface area contributed by atoms with Gasteiger partial charge in [-0.25, -0.2) is 4.39 Å². The quantitative estimate of drug-likeness (QED) is 0.420. The van der Waals surface area contributed by atoms with Crippen LogP contribution in [0.25, 0.3) is 0 Å². The normalized spacial score (nSPS) is 28.5. The van der Waals surface area contributed by atoms with Gasteiger partial charge in [0.1, 0.15) is 12.4 Å². The Morgan fingerprint density at radius 1 is 1.20 bits per heavy atom. The van der Waals surface area contributed by atoms with E-state index in [1.807, 2.05) is 11.8 Å². The van der Waals surface area contributed by atoms with Crippen molar-refractivity contribution in [1.29, 1.82) is 0 Å². The molecule has 2 bridgehead atoms. The molecule has 4 fully saturated rings. The summed E-state index contributed by atoms with van der Waals surface area (Å²) < 4.78 is 20.1. The molecule has 1 amide bonds. The van der Waals surface area contributed by atoms with E-state index in [1.165, 1.54) is 17.0 Å². The van der Waals surface area contributed by atoms with Gasteiger partial charge in [-0.3, -0.25) is 9.59 Å². The molecule has 0 aliphatic carbocycles. The average molecular weight is 519 g/mol. The van der Waals surface area contributed by atoms with E-state index in [-0.39, 0.29) is 23.8 Å². The smallest absolute Gasteiger partial charge is 0.307 e. The number of hydrogen-bond donors (Lipinski definition) is 1. The monoisotopic (exact) mass is 518 g/mol. The zero-order valence-electron chi connectivity index (χ0n) is 19.9. The highest BCUT2D eigenvalue weighted by Crippen LogP contribution is 2.37. The minimum atomic E-state index is -0.369. The molecule has 0 spiro atoms. The van der Waals surface area contributed by atoms with Crippen LogP contribution in [-0.2, 0) is 14.3 Å². The van der Waals surface area contributed by atoms with E-state index in [0.717, 1.165) is 51.3 Å². The fourth-order valence-electron chi connectivity index (χ4n) is 5.68. The van der Waals surface area contributed by atoms with Crippen molar-refractivity contribution in [3.8, 4) is 0 Å². The van der Waals surface area contributed by atoms with Gasteiger partial charge in [-0.1, -0.05) is 12.1 Å². The number of hydrogen-bond acceptors (Lipinski definition) is 6. The second-order valence-corrected chi connectivity index (χ2v) is 12.3. The van der Waals surface area contributed by atoms with Crippen molar-refractivity contribution in [1.82, 2.24) is 4.90 Å². The number of thiophene rings is 1. The van der Waals surface area contributed by atoms with Crippen molar-refractivity contribution in [3.63, 3.8) is 0 Å². The van der Waals surface area contributed by atoms with Crippen molar-refractivity contribution in [2.24, 2.45) is 5.92 Å². The molecule has 0 saturated carbocycles. The highest BCUT2D eigenvalue weighted by Gasteiger charge is 2.48. The Labute approximate surface area is 214 Å². The van der Waals surface area contributed by atoms with Gasteiger partial charge in [0.25, 0.3) is 5.91 Å². The third kappa shape index (κ3) is 6.25. The maximum absolute atomic E-state index is 13.5. The van der Waals surface area contributed by atoms with Crippen LogP contribution in [0.15, 0.2) is 41.8 Å². The SMILES string of the molecule is O=C(C[N+]12CCC(CC1)[C@H](OC(=O)CCN1CCSC(c3cccs3)C1)C2)Nc1cccc(F)c1. The molecule has 0 radical (unpaired) electrons. The van der Waals surface area contributed by atoms with Crippen LogP contribution in [0.3, 0.4) is 0 Å². The molecule has 1 N–H and O–H groups in total. The van der Waals surface area contributed by atoms with Crippen LogP contribution in [0.1, 0.15) is 29.4 Å². The lowest BCUT2D eigenvalue weighted by molar-refractivity contribution is -0.938. The van der Waals surface area contributed by atoms with Gasteiger partial charge in [-0.2, -0.15) is 11.8 Å². The number of thioether (sulfide) groups is 1. The van der Waals surface area contributed by atoms with E-state index in [9.17, 15) is 14.0 Å². The van der Waals surface area contributed by atoms with Crippen molar-refractivity contribution >= 4 is 40.7 Å². The molecule has 1 unspecified atom stereocenters. The first kappa shape index (κ1) is 24.7. The van der Waals surface area contributed by atoms with Crippen LogP contribution in [0.2, 0.25) is 0 Å². The van der Waals surface area contributed by atoms with Crippen molar-refractivity contribution < 1.29 is 23.2 Å². The fraction of sp³-hybridized carbons (Fsp3) is 0.538. The summed E-state index contributed by atoms with van der Waals surface area (Å²) in [5.74, 6) is 0.854. The van der Waals surface area contributed by atoms with Crippen molar-refractivity contribution in [3.05, 3.63) is 52.5 Å². The maximum atomic E-state index is 13.5. The molecule has 9 heteroatoms. The summed E-state index contributed by atoms with van der Waals surface area (Å²) in [4.78, 5) is 29.3. The number of quaternary nitrogens is 1. The van der Waals surface area contributed by atoms with Gasteiger partial charge in [0.05, 0.1) is 24.8 Å². The number of ether oxygens (including phenoxy) is 1. The lowest BCUT2D eigenvalue weighted by Gasteiger charge is -2.51. The Bertz CT molecular complexity index is 1030. The summed E-state index contributed by atoms with van der Waals surface area (Å²) in [6, 6.07) is 10.3. The molecule has 4 saturated heterocycles. The zero-order valence-corrected chi connectivity index (χ0v) is 21.5. The summed E-state index contributed by atoms with van der Waals surface area (Å²) in [6.07, 6.45) is 2.22. The molecule has 2 atom stereocenters. The predicted molar refractivity (Wildman–Crippen MR) is 138 cm³/mol. The minimum absolute atomic E-state index is 0.121. The molecule has 4 aliphatic rings. The second kappa shape index (κ2) is 11.0. The van der Waals surface area contributed by atoms with E-state index in [0.29, 0.717) is 40.8 Å². The topological polar surface area (TPSA) is 58.6 Å². The lowest BCUT2D eigenvalue weighted by atomic mass is 9.83. The Balaban J connectivity index is 1.10. The van der Waals surface area contributed by atoms with E-state index in [4.69, 9.17) is 4.74 Å². The summed E-state index contributed by atoms with van der Waals surface area (Å²) in [7, 11) is 0. The van der Waals surface area contributed by atoms with Crippen LogP contribution in [0.4, 0.5) is 10.1 Å². The Morgan fingerprint density at radius 3 is 2.83 bits per heavy atom. The van der Waals surface area contributed by atoms with E-state index in [1.54, 1.807) is 23.5 Å². The number of benzene rings is 1.